The summed E-state index contributed by atoms with van der Waals surface area (Å²) in [7, 11) is 0. The van der Waals surface area contributed by atoms with Crippen LogP contribution >= 0.6 is 0 Å². The number of Topliss-reactive ketones (excluding diaryl/α,β-unsaturated/α-hetero) is 1. The highest BCUT2D eigenvalue weighted by Gasteiger charge is 2.44. The minimum atomic E-state index is -0.808. The number of likely N-dealkylation sites (tertiary alicyclic amines) is 1. The molecule has 1 saturated heterocycles. The van der Waals surface area contributed by atoms with E-state index in [-0.39, 0.29) is 37.0 Å². The van der Waals surface area contributed by atoms with Gasteiger partial charge in [-0.05, 0) is 24.3 Å². The fraction of sp³-hybridized carbons (Fsp3) is 0.571. The molecule has 1 aromatic carbocycles. The van der Waals surface area contributed by atoms with E-state index in [1.165, 1.54) is 11.3 Å². The van der Waals surface area contributed by atoms with Gasteiger partial charge in [0.25, 0.3) is 0 Å². The number of amides is 2. The number of hydrogen-bond acceptors (Lipinski definition) is 6. The quantitative estimate of drug-likeness (QED) is 0.603. The zero-order chi connectivity index (χ0) is 26.8. The Kier molecular flexibility index (Phi) is 8.08. The molecule has 2 N–H and O–H groups in total. The van der Waals surface area contributed by atoms with Crippen LogP contribution in [0.3, 0.4) is 0 Å². The second kappa shape index (κ2) is 10.5. The number of ketones is 1. The first-order valence-electron chi connectivity index (χ1n) is 12.5. The molecule has 2 aromatic rings. The summed E-state index contributed by atoms with van der Waals surface area (Å²) in [4.78, 5) is 45.1. The smallest absolute Gasteiger partial charge is 0.246 e. The third-order valence-electron chi connectivity index (χ3n) is 6.63. The first kappa shape index (κ1) is 27.6. The lowest BCUT2D eigenvalue weighted by atomic mass is 9.84. The van der Waals surface area contributed by atoms with E-state index in [0.717, 1.165) is 22.6 Å². The van der Waals surface area contributed by atoms with Gasteiger partial charge in [-0.15, -0.1) is 0 Å². The van der Waals surface area contributed by atoms with Crippen molar-refractivity contribution < 1.29 is 23.9 Å². The van der Waals surface area contributed by atoms with Crippen molar-refractivity contribution >= 4 is 17.6 Å². The van der Waals surface area contributed by atoms with Crippen molar-refractivity contribution in [1.29, 1.82) is 0 Å². The molecule has 8 nitrogen and oxygen atoms in total. The number of benzene rings is 1. The lowest BCUT2D eigenvalue weighted by molar-refractivity contribution is -0.144. The van der Waals surface area contributed by atoms with Gasteiger partial charge in [0.1, 0.15) is 6.04 Å². The molecule has 2 amide bonds. The molecule has 0 bridgehead atoms. The molecular formula is C28H39N3O5. The fourth-order valence-corrected chi connectivity index (χ4v) is 4.36. The molecule has 36 heavy (non-hydrogen) atoms. The predicted octanol–water partition coefficient (Wildman–Crippen LogP) is 3.69. The van der Waals surface area contributed by atoms with E-state index in [1.807, 2.05) is 52.0 Å². The topological polar surface area (TPSA) is 113 Å². The Hall–Kier alpha value is -3.00. The average molecular weight is 498 g/mol. The molecule has 2 heterocycles. The van der Waals surface area contributed by atoms with Crippen molar-refractivity contribution in [2.75, 3.05) is 6.54 Å². The van der Waals surface area contributed by atoms with Crippen LogP contribution < -0.4 is 5.32 Å². The Balaban J connectivity index is 1.69. The Labute approximate surface area is 213 Å². The van der Waals surface area contributed by atoms with E-state index < -0.39 is 29.0 Å². The highest BCUT2D eigenvalue weighted by Crippen LogP contribution is 2.28. The molecular weight excluding hydrogens is 458 g/mol. The molecule has 1 fully saturated rings. The first-order valence-corrected chi connectivity index (χ1v) is 12.5. The number of aryl methyl sites for hydroxylation is 2. The highest BCUT2D eigenvalue weighted by molar-refractivity contribution is 5.94. The third-order valence-corrected chi connectivity index (χ3v) is 6.63. The van der Waals surface area contributed by atoms with Crippen molar-refractivity contribution in [1.82, 2.24) is 15.2 Å². The van der Waals surface area contributed by atoms with Crippen molar-refractivity contribution in [2.24, 2.45) is 10.8 Å². The summed E-state index contributed by atoms with van der Waals surface area (Å²) in [5.74, 6) is 0.0627. The van der Waals surface area contributed by atoms with Crippen LogP contribution in [-0.2, 0) is 20.8 Å². The van der Waals surface area contributed by atoms with E-state index in [1.54, 1.807) is 20.8 Å². The summed E-state index contributed by atoms with van der Waals surface area (Å²) in [6.45, 7) is 13.0. The molecule has 3 rings (SSSR count). The number of aliphatic hydroxyl groups excluding tert-OH is 1. The number of nitrogens with zero attached hydrogens (tertiary/aromatic N) is 2. The van der Waals surface area contributed by atoms with Crippen LogP contribution in [0.5, 0.6) is 0 Å². The first-order chi connectivity index (χ1) is 16.7. The number of carbonyl (C=O) groups is 3. The lowest BCUT2D eigenvalue weighted by Gasteiger charge is -2.36. The molecule has 8 heteroatoms. The van der Waals surface area contributed by atoms with Gasteiger partial charge in [0, 0.05) is 30.4 Å². The Morgan fingerprint density at radius 3 is 2.31 bits per heavy atom. The number of hydrogen-bond donors (Lipinski definition) is 2. The van der Waals surface area contributed by atoms with Gasteiger partial charge in [0.2, 0.25) is 11.8 Å². The molecule has 0 saturated carbocycles. The van der Waals surface area contributed by atoms with Crippen molar-refractivity contribution in [2.45, 2.75) is 85.9 Å². The third kappa shape index (κ3) is 6.40. The molecule has 0 spiro atoms. The second-order valence-electron chi connectivity index (χ2n) is 11.8. The normalized spacial score (nSPS) is 19.3. The molecule has 3 unspecified atom stereocenters. The molecule has 3 atom stereocenters. The SMILES string of the molecule is Cc1ncoc1-c1ccc(CCC(=O)C2CC(O)CN2C(=O)C(NC(=O)C(C)(C)C)C(C)(C)C)cc1. The number of aromatic nitrogens is 1. The van der Waals surface area contributed by atoms with Crippen LogP contribution in [0.25, 0.3) is 11.3 Å². The standard InChI is InChI=1S/C28H39N3O5/c1-17-23(36-16-29-17)19-11-8-18(9-12-19)10-13-22(33)21-14-20(32)15-31(21)25(34)24(27(2,3)4)30-26(35)28(5,6)7/h8-9,11-12,16,20-21,24,32H,10,13-15H2,1-7H3,(H,30,35). The Morgan fingerprint density at radius 2 is 1.78 bits per heavy atom. The van der Waals surface area contributed by atoms with Crippen LogP contribution in [0.1, 0.15) is 65.6 Å². The molecule has 0 aliphatic carbocycles. The summed E-state index contributed by atoms with van der Waals surface area (Å²) in [5.41, 5.74) is 1.50. The van der Waals surface area contributed by atoms with Gasteiger partial charge in [0.15, 0.2) is 17.9 Å². The Bertz CT molecular complexity index is 1090. The minimum Gasteiger partial charge on any atom is -0.443 e. The molecule has 1 aliphatic heterocycles. The summed E-state index contributed by atoms with van der Waals surface area (Å²) >= 11 is 0. The van der Waals surface area contributed by atoms with Gasteiger partial charge in [-0.25, -0.2) is 4.98 Å². The number of β-amino-alcohol motifs (C(OH)–C–C–N with tert-alkyl or cyclic N) is 1. The zero-order valence-electron chi connectivity index (χ0n) is 22.4. The minimum absolute atomic E-state index is 0.0818. The van der Waals surface area contributed by atoms with Crippen molar-refractivity contribution in [3.05, 3.63) is 41.9 Å². The Morgan fingerprint density at radius 1 is 1.14 bits per heavy atom. The van der Waals surface area contributed by atoms with Crippen LogP contribution in [0.2, 0.25) is 0 Å². The van der Waals surface area contributed by atoms with E-state index in [0.29, 0.717) is 6.42 Å². The lowest BCUT2D eigenvalue weighted by Crippen LogP contribution is -2.58. The van der Waals surface area contributed by atoms with Gasteiger partial charge < -0.3 is 19.7 Å². The van der Waals surface area contributed by atoms with Gasteiger partial charge >= 0.3 is 0 Å². The monoisotopic (exact) mass is 497 g/mol. The number of carbonyl (C=O) groups excluding carboxylic acids is 3. The van der Waals surface area contributed by atoms with E-state index >= 15 is 0 Å². The summed E-state index contributed by atoms with van der Waals surface area (Å²) in [6.07, 6.45) is 1.62. The van der Waals surface area contributed by atoms with E-state index in [2.05, 4.69) is 10.3 Å². The maximum atomic E-state index is 13.6. The fourth-order valence-electron chi connectivity index (χ4n) is 4.36. The van der Waals surface area contributed by atoms with Crippen molar-refractivity contribution in [3.8, 4) is 11.3 Å². The summed E-state index contributed by atoms with van der Waals surface area (Å²) in [5, 5.41) is 13.2. The van der Waals surface area contributed by atoms with Crippen LogP contribution in [-0.4, -0.2) is 57.3 Å². The van der Waals surface area contributed by atoms with Crippen LogP contribution in [0.4, 0.5) is 0 Å². The summed E-state index contributed by atoms with van der Waals surface area (Å²) in [6, 6.07) is 6.27. The van der Waals surface area contributed by atoms with Crippen LogP contribution in [0.15, 0.2) is 35.1 Å². The molecule has 0 radical (unpaired) electrons. The highest BCUT2D eigenvalue weighted by atomic mass is 16.3. The van der Waals surface area contributed by atoms with Gasteiger partial charge in [-0.1, -0.05) is 65.8 Å². The zero-order valence-corrected chi connectivity index (χ0v) is 22.4. The predicted molar refractivity (Wildman–Crippen MR) is 137 cm³/mol. The number of nitrogens with one attached hydrogen (secondary N) is 1. The largest absolute Gasteiger partial charge is 0.443 e. The molecule has 1 aliphatic rings. The molecule has 196 valence electrons. The molecule has 1 aromatic heterocycles. The summed E-state index contributed by atoms with van der Waals surface area (Å²) < 4.78 is 5.43. The second-order valence-corrected chi connectivity index (χ2v) is 11.8. The number of aliphatic hydroxyl groups is 1. The van der Waals surface area contributed by atoms with E-state index in [9.17, 15) is 19.5 Å². The van der Waals surface area contributed by atoms with Gasteiger partial charge in [0.05, 0.1) is 17.8 Å². The average Bonchev–Trinajstić information content (AvgIpc) is 3.39. The maximum Gasteiger partial charge on any atom is 0.246 e. The van der Waals surface area contributed by atoms with Crippen LogP contribution in [0, 0.1) is 17.8 Å². The van der Waals surface area contributed by atoms with E-state index in [4.69, 9.17) is 4.42 Å². The maximum absolute atomic E-state index is 13.6. The van der Waals surface area contributed by atoms with Gasteiger partial charge in [-0.3, -0.25) is 14.4 Å². The number of oxazole rings is 1. The van der Waals surface area contributed by atoms with Crippen molar-refractivity contribution in [3.63, 3.8) is 0 Å². The number of rotatable bonds is 7. The van der Waals surface area contributed by atoms with Gasteiger partial charge in [-0.2, -0.15) is 0 Å².